The van der Waals surface area contributed by atoms with Crippen molar-refractivity contribution in [3.05, 3.63) is 35.9 Å². The van der Waals surface area contributed by atoms with Crippen LogP contribution in [0.15, 0.2) is 35.3 Å². The Hall–Kier alpha value is -2.28. The molecule has 19 heavy (non-hydrogen) atoms. The average molecular weight is 255 g/mol. The van der Waals surface area contributed by atoms with Gasteiger partial charge in [-0.25, -0.2) is 4.79 Å². The Kier molecular flexibility index (Phi) is 3.57. The van der Waals surface area contributed by atoms with E-state index in [2.05, 4.69) is 10.9 Å². The molecule has 1 aromatic rings. The summed E-state index contributed by atoms with van der Waals surface area (Å²) in [5.41, 5.74) is 7.02. The Morgan fingerprint density at radius 1 is 1.37 bits per heavy atom. The van der Waals surface area contributed by atoms with E-state index in [1.165, 1.54) is 0 Å². The third-order valence-corrected chi connectivity index (χ3v) is 3.51. The summed E-state index contributed by atoms with van der Waals surface area (Å²) in [6.07, 6.45) is 5.42. The number of hydrogen-bond donors (Lipinski definition) is 1. The highest BCUT2D eigenvalue weighted by Crippen LogP contribution is 2.28. The van der Waals surface area contributed by atoms with Crippen molar-refractivity contribution < 1.29 is 4.79 Å². The summed E-state index contributed by atoms with van der Waals surface area (Å²) >= 11 is 0. The van der Waals surface area contributed by atoms with Crippen LogP contribution < -0.4 is 5.73 Å². The number of carbonyl (C=O) groups is 1. The number of aliphatic imine (C=N–C) groups is 1. The first-order valence-corrected chi connectivity index (χ1v) is 6.23. The predicted molar refractivity (Wildman–Crippen MR) is 75.8 cm³/mol. The van der Waals surface area contributed by atoms with Crippen LogP contribution in [0.5, 0.6) is 0 Å². The Bertz CT molecular complexity index is 544. The first kappa shape index (κ1) is 13.2. The zero-order chi connectivity index (χ0) is 14.0. The second-order valence-electron chi connectivity index (χ2n) is 4.71. The summed E-state index contributed by atoms with van der Waals surface area (Å²) in [6.45, 7) is 3.83. The van der Waals surface area contributed by atoms with Gasteiger partial charge in [-0.05, 0) is 12.5 Å². The van der Waals surface area contributed by atoms with Crippen molar-refractivity contribution in [2.24, 2.45) is 10.7 Å². The standard InChI is InChI=1S/C15H17N3O/c1-4-10(2)18-13(14(16)17-15(18)19)11(3)12-8-6-5-7-9-12/h1,5-11,13H,2-3H3,(H2,16,17,19). The number of terminal acetylenes is 1. The van der Waals surface area contributed by atoms with Gasteiger partial charge >= 0.3 is 6.03 Å². The molecular weight excluding hydrogens is 238 g/mol. The Balaban J connectivity index is 2.34. The molecule has 2 rings (SSSR count). The van der Waals surface area contributed by atoms with Crippen molar-refractivity contribution in [1.82, 2.24) is 4.90 Å². The number of rotatable bonds is 3. The van der Waals surface area contributed by atoms with E-state index in [4.69, 9.17) is 12.2 Å². The summed E-state index contributed by atoms with van der Waals surface area (Å²) in [5.74, 6) is 2.96. The molecule has 0 fully saturated rings. The van der Waals surface area contributed by atoms with E-state index in [0.29, 0.717) is 5.84 Å². The third kappa shape index (κ3) is 2.32. The third-order valence-electron chi connectivity index (χ3n) is 3.51. The number of nitrogens with two attached hydrogens (primary N) is 1. The molecule has 0 saturated heterocycles. The molecule has 0 saturated carbocycles. The molecule has 1 aliphatic rings. The SMILES string of the molecule is C#CC(C)N1C(=O)N=C(N)C1C(C)c1ccccc1. The Morgan fingerprint density at radius 3 is 2.58 bits per heavy atom. The number of carbonyl (C=O) groups excluding carboxylic acids is 1. The van der Waals surface area contributed by atoms with Crippen LogP contribution in [0, 0.1) is 12.3 Å². The summed E-state index contributed by atoms with van der Waals surface area (Å²) in [4.78, 5) is 17.3. The lowest BCUT2D eigenvalue weighted by molar-refractivity contribution is 0.192. The van der Waals surface area contributed by atoms with Gasteiger partial charge in [-0.15, -0.1) is 6.42 Å². The van der Waals surface area contributed by atoms with Gasteiger partial charge in [0.2, 0.25) is 0 Å². The van der Waals surface area contributed by atoms with Crippen LogP contribution in [0.4, 0.5) is 4.79 Å². The van der Waals surface area contributed by atoms with Gasteiger partial charge in [0.15, 0.2) is 0 Å². The topological polar surface area (TPSA) is 58.7 Å². The van der Waals surface area contributed by atoms with Crippen LogP contribution in [-0.2, 0) is 0 Å². The minimum Gasteiger partial charge on any atom is -0.385 e. The van der Waals surface area contributed by atoms with E-state index in [9.17, 15) is 4.79 Å². The van der Waals surface area contributed by atoms with Gasteiger partial charge in [0.25, 0.3) is 0 Å². The quantitative estimate of drug-likeness (QED) is 0.839. The monoisotopic (exact) mass is 255 g/mol. The average Bonchev–Trinajstić information content (AvgIpc) is 2.72. The molecule has 1 aromatic carbocycles. The van der Waals surface area contributed by atoms with Crippen LogP contribution in [0.2, 0.25) is 0 Å². The lowest BCUT2D eigenvalue weighted by atomic mass is 9.91. The number of hydrogen-bond acceptors (Lipinski definition) is 2. The number of benzene rings is 1. The molecule has 2 amide bonds. The van der Waals surface area contributed by atoms with E-state index in [1.807, 2.05) is 37.3 Å². The zero-order valence-electron chi connectivity index (χ0n) is 11.1. The van der Waals surface area contributed by atoms with Gasteiger partial charge in [0.05, 0.1) is 12.1 Å². The smallest absolute Gasteiger partial charge is 0.346 e. The van der Waals surface area contributed by atoms with Crippen molar-refractivity contribution in [2.75, 3.05) is 0 Å². The van der Waals surface area contributed by atoms with E-state index in [-0.39, 0.29) is 24.0 Å². The second kappa shape index (κ2) is 5.15. The summed E-state index contributed by atoms with van der Waals surface area (Å²) in [5, 5.41) is 0. The maximum absolute atomic E-state index is 11.9. The van der Waals surface area contributed by atoms with Crippen LogP contribution >= 0.6 is 0 Å². The molecule has 0 aromatic heterocycles. The maximum Gasteiger partial charge on any atom is 0.346 e. The molecule has 2 N–H and O–H groups in total. The molecule has 1 heterocycles. The molecule has 0 bridgehead atoms. The minimum absolute atomic E-state index is 0.0483. The molecule has 3 unspecified atom stereocenters. The highest BCUT2D eigenvalue weighted by Gasteiger charge is 2.39. The second-order valence-corrected chi connectivity index (χ2v) is 4.71. The minimum atomic E-state index is -0.351. The van der Waals surface area contributed by atoms with Gasteiger partial charge in [0.1, 0.15) is 5.84 Å². The van der Waals surface area contributed by atoms with E-state index >= 15 is 0 Å². The Morgan fingerprint density at radius 2 is 2.00 bits per heavy atom. The van der Waals surface area contributed by atoms with Crippen LogP contribution in [0.25, 0.3) is 0 Å². The van der Waals surface area contributed by atoms with E-state index in [0.717, 1.165) is 5.56 Å². The fourth-order valence-corrected chi connectivity index (χ4v) is 2.42. The summed E-state index contributed by atoms with van der Waals surface area (Å²) in [7, 11) is 0. The summed E-state index contributed by atoms with van der Waals surface area (Å²) < 4.78 is 0. The molecular formula is C15H17N3O. The fourth-order valence-electron chi connectivity index (χ4n) is 2.42. The number of nitrogens with zero attached hydrogens (tertiary/aromatic N) is 2. The zero-order valence-corrected chi connectivity index (χ0v) is 11.1. The largest absolute Gasteiger partial charge is 0.385 e. The van der Waals surface area contributed by atoms with Crippen molar-refractivity contribution in [2.45, 2.75) is 31.8 Å². The van der Waals surface area contributed by atoms with Gasteiger partial charge in [-0.2, -0.15) is 4.99 Å². The fraction of sp³-hybridized carbons (Fsp3) is 0.333. The molecule has 3 atom stereocenters. The van der Waals surface area contributed by atoms with Crippen LogP contribution in [-0.4, -0.2) is 28.9 Å². The molecule has 1 aliphatic heterocycles. The first-order valence-electron chi connectivity index (χ1n) is 6.23. The lowest BCUT2D eigenvalue weighted by Gasteiger charge is -2.31. The first-order chi connectivity index (χ1) is 9.06. The Labute approximate surface area is 113 Å². The van der Waals surface area contributed by atoms with Gasteiger partial charge in [-0.1, -0.05) is 43.2 Å². The normalized spacial score (nSPS) is 21.7. The van der Waals surface area contributed by atoms with Crippen molar-refractivity contribution in [1.29, 1.82) is 0 Å². The molecule has 0 aliphatic carbocycles. The van der Waals surface area contributed by atoms with Crippen molar-refractivity contribution in [3.63, 3.8) is 0 Å². The van der Waals surface area contributed by atoms with E-state index < -0.39 is 0 Å². The molecule has 4 nitrogen and oxygen atoms in total. The van der Waals surface area contributed by atoms with Crippen LogP contribution in [0.1, 0.15) is 25.3 Å². The highest BCUT2D eigenvalue weighted by atomic mass is 16.2. The number of amides is 2. The maximum atomic E-state index is 11.9. The van der Waals surface area contributed by atoms with Crippen molar-refractivity contribution in [3.8, 4) is 12.3 Å². The molecule has 0 radical (unpaired) electrons. The lowest BCUT2D eigenvalue weighted by Crippen LogP contribution is -2.47. The molecule has 0 spiro atoms. The number of amidine groups is 1. The molecule has 4 heteroatoms. The number of urea groups is 1. The van der Waals surface area contributed by atoms with Crippen LogP contribution in [0.3, 0.4) is 0 Å². The van der Waals surface area contributed by atoms with Crippen molar-refractivity contribution >= 4 is 11.9 Å². The van der Waals surface area contributed by atoms with Gasteiger partial charge < -0.3 is 5.73 Å². The molecule has 98 valence electrons. The highest BCUT2D eigenvalue weighted by molar-refractivity contribution is 6.03. The predicted octanol–water partition coefficient (Wildman–Crippen LogP) is 1.97. The van der Waals surface area contributed by atoms with Gasteiger partial charge in [-0.3, -0.25) is 4.90 Å². The summed E-state index contributed by atoms with van der Waals surface area (Å²) in [6, 6.07) is 8.95. The van der Waals surface area contributed by atoms with Gasteiger partial charge in [0, 0.05) is 5.92 Å². The van der Waals surface area contributed by atoms with E-state index in [1.54, 1.807) is 11.8 Å².